The molecule has 0 saturated heterocycles. The van der Waals surface area contributed by atoms with Crippen LogP contribution in [-0.2, 0) is 4.74 Å². The molecule has 0 aliphatic carbocycles. The van der Waals surface area contributed by atoms with E-state index >= 15 is 0 Å². The Balaban J connectivity index is 2.73. The molecule has 0 amide bonds. The molecule has 1 aromatic rings. The molecule has 0 aromatic carbocycles. The van der Waals surface area contributed by atoms with Gasteiger partial charge in [-0.2, -0.15) is 4.98 Å². The van der Waals surface area contributed by atoms with E-state index in [4.69, 9.17) is 15.2 Å². The molecule has 3 N–H and O–H groups in total. The molecule has 1 unspecified atom stereocenters. The monoisotopic (exact) mass is 255 g/mol. The largest absolute Gasteiger partial charge is 0.476 e. The lowest BCUT2D eigenvalue weighted by Crippen LogP contribution is -2.32. The molecule has 0 spiro atoms. The first-order valence-corrected chi connectivity index (χ1v) is 5.86. The Labute approximate surface area is 107 Å². The third-order valence-corrected chi connectivity index (χ3v) is 2.39. The number of aliphatic hydroxyl groups excluding tert-OH is 1. The summed E-state index contributed by atoms with van der Waals surface area (Å²) in [6, 6.07) is 3.53. The number of nitrogens with zero attached hydrogens (tertiary/aromatic N) is 2. The minimum Gasteiger partial charge on any atom is -0.476 e. The van der Waals surface area contributed by atoms with Crippen molar-refractivity contribution in [2.24, 2.45) is 0 Å². The molecule has 1 rings (SSSR count). The lowest BCUT2D eigenvalue weighted by Gasteiger charge is -2.22. The molecule has 0 radical (unpaired) electrons. The standard InChI is InChI=1S/C12H21N3O3/c1-4-18-12-10(13)5-6-11(14-12)15(2)7-9(16)8-17-3/h5-6,9,16H,4,7-8,13H2,1-3H3. The van der Waals surface area contributed by atoms with E-state index in [0.29, 0.717) is 30.5 Å². The Hall–Kier alpha value is -1.53. The number of hydrogen-bond donors (Lipinski definition) is 2. The van der Waals surface area contributed by atoms with Gasteiger partial charge in [0, 0.05) is 20.7 Å². The van der Waals surface area contributed by atoms with E-state index in [1.54, 1.807) is 19.2 Å². The summed E-state index contributed by atoms with van der Waals surface area (Å²) in [5.74, 6) is 1.12. The highest BCUT2D eigenvalue weighted by Crippen LogP contribution is 2.22. The summed E-state index contributed by atoms with van der Waals surface area (Å²) in [5, 5.41) is 9.66. The molecule has 6 heteroatoms. The summed E-state index contributed by atoms with van der Waals surface area (Å²) in [7, 11) is 3.39. The summed E-state index contributed by atoms with van der Waals surface area (Å²) in [5.41, 5.74) is 6.26. The Bertz CT molecular complexity index is 374. The van der Waals surface area contributed by atoms with Gasteiger partial charge in [0.2, 0.25) is 5.88 Å². The van der Waals surface area contributed by atoms with Crippen LogP contribution < -0.4 is 15.4 Å². The van der Waals surface area contributed by atoms with Crippen molar-refractivity contribution >= 4 is 11.5 Å². The number of nitrogens with two attached hydrogens (primary N) is 1. The van der Waals surface area contributed by atoms with Crippen LogP contribution >= 0.6 is 0 Å². The third-order valence-electron chi connectivity index (χ3n) is 2.39. The van der Waals surface area contributed by atoms with Gasteiger partial charge in [-0.1, -0.05) is 0 Å². The number of aliphatic hydroxyl groups is 1. The number of likely N-dealkylation sites (N-methyl/N-ethyl adjacent to an activating group) is 1. The first kappa shape index (κ1) is 14.5. The van der Waals surface area contributed by atoms with Gasteiger partial charge in [-0.15, -0.1) is 0 Å². The van der Waals surface area contributed by atoms with E-state index in [0.717, 1.165) is 0 Å². The van der Waals surface area contributed by atoms with Crippen LogP contribution in [0.25, 0.3) is 0 Å². The fraction of sp³-hybridized carbons (Fsp3) is 0.583. The second-order valence-corrected chi connectivity index (χ2v) is 3.99. The average Bonchev–Trinajstić information content (AvgIpc) is 2.32. The number of pyridine rings is 1. The Morgan fingerprint density at radius 2 is 2.22 bits per heavy atom. The van der Waals surface area contributed by atoms with Gasteiger partial charge >= 0.3 is 0 Å². The molecule has 1 heterocycles. The summed E-state index contributed by atoms with van der Waals surface area (Å²) >= 11 is 0. The number of ether oxygens (including phenoxy) is 2. The Kier molecular flexibility index (Phi) is 5.67. The summed E-state index contributed by atoms with van der Waals surface area (Å²) in [6.45, 7) is 3.10. The molecule has 0 fully saturated rings. The predicted octanol–water partition coefficient (Wildman–Crippen LogP) is 0.506. The molecule has 0 aliphatic rings. The fourth-order valence-electron chi connectivity index (χ4n) is 1.56. The van der Waals surface area contributed by atoms with E-state index in [2.05, 4.69) is 4.98 Å². The van der Waals surface area contributed by atoms with Gasteiger partial charge in [-0.3, -0.25) is 0 Å². The molecule has 1 atom stereocenters. The number of rotatable bonds is 7. The number of nitrogen functional groups attached to an aromatic ring is 1. The molecule has 1 aromatic heterocycles. The van der Waals surface area contributed by atoms with Gasteiger partial charge in [0.05, 0.1) is 25.0 Å². The van der Waals surface area contributed by atoms with E-state index < -0.39 is 6.10 Å². The number of hydrogen-bond acceptors (Lipinski definition) is 6. The predicted molar refractivity (Wildman–Crippen MR) is 71.0 cm³/mol. The van der Waals surface area contributed by atoms with Crippen molar-refractivity contribution < 1.29 is 14.6 Å². The Morgan fingerprint density at radius 1 is 1.50 bits per heavy atom. The van der Waals surface area contributed by atoms with E-state index in [1.165, 1.54) is 0 Å². The van der Waals surface area contributed by atoms with Crippen LogP contribution in [0.1, 0.15) is 6.92 Å². The van der Waals surface area contributed by atoms with Crippen LogP contribution in [0.4, 0.5) is 11.5 Å². The SMILES string of the molecule is CCOc1nc(N(C)CC(O)COC)ccc1N. The molecule has 102 valence electrons. The van der Waals surface area contributed by atoms with Crippen molar-refractivity contribution in [3.63, 3.8) is 0 Å². The van der Waals surface area contributed by atoms with Crippen LogP contribution in [0.3, 0.4) is 0 Å². The van der Waals surface area contributed by atoms with Crippen molar-refractivity contribution in [3.8, 4) is 5.88 Å². The topological polar surface area (TPSA) is 80.8 Å². The number of aromatic nitrogens is 1. The Morgan fingerprint density at radius 3 is 2.83 bits per heavy atom. The van der Waals surface area contributed by atoms with Crippen molar-refractivity contribution in [2.45, 2.75) is 13.0 Å². The maximum atomic E-state index is 9.66. The van der Waals surface area contributed by atoms with Gasteiger partial charge in [-0.05, 0) is 19.1 Å². The second kappa shape index (κ2) is 7.03. The molecule has 18 heavy (non-hydrogen) atoms. The third kappa shape index (κ3) is 4.05. The van der Waals surface area contributed by atoms with Crippen LogP contribution in [0.2, 0.25) is 0 Å². The van der Waals surface area contributed by atoms with Gasteiger partial charge in [0.15, 0.2) is 0 Å². The van der Waals surface area contributed by atoms with Crippen molar-refractivity contribution in [1.82, 2.24) is 4.98 Å². The summed E-state index contributed by atoms with van der Waals surface area (Å²) in [4.78, 5) is 6.13. The minimum absolute atomic E-state index is 0.289. The minimum atomic E-state index is -0.560. The van der Waals surface area contributed by atoms with E-state index in [9.17, 15) is 5.11 Å². The van der Waals surface area contributed by atoms with E-state index in [1.807, 2.05) is 18.9 Å². The molecule has 0 bridgehead atoms. The van der Waals surface area contributed by atoms with Crippen molar-refractivity contribution in [3.05, 3.63) is 12.1 Å². The lowest BCUT2D eigenvalue weighted by molar-refractivity contribution is 0.0694. The maximum Gasteiger partial charge on any atom is 0.239 e. The van der Waals surface area contributed by atoms with E-state index in [-0.39, 0.29) is 6.61 Å². The van der Waals surface area contributed by atoms with Crippen LogP contribution in [0.15, 0.2) is 12.1 Å². The zero-order valence-corrected chi connectivity index (χ0v) is 11.1. The average molecular weight is 255 g/mol. The highest BCUT2D eigenvalue weighted by atomic mass is 16.5. The summed E-state index contributed by atoms with van der Waals surface area (Å²) in [6.07, 6.45) is -0.560. The van der Waals surface area contributed by atoms with Crippen LogP contribution in [0, 0.1) is 0 Å². The van der Waals surface area contributed by atoms with Gasteiger partial charge < -0.3 is 25.2 Å². The van der Waals surface area contributed by atoms with Gasteiger partial charge in [-0.25, -0.2) is 0 Å². The number of methoxy groups -OCH3 is 1. The van der Waals surface area contributed by atoms with Gasteiger partial charge in [0.25, 0.3) is 0 Å². The highest BCUT2D eigenvalue weighted by molar-refractivity contribution is 5.54. The normalized spacial score (nSPS) is 12.2. The molecule has 0 aliphatic heterocycles. The van der Waals surface area contributed by atoms with Crippen LogP contribution in [0.5, 0.6) is 5.88 Å². The molecular weight excluding hydrogens is 234 g/mol. The zero-order valence-electron chi connectivity index (χ0n) is 11.1. The van der Waals surface area contributed by atoms with Gasteiger partial charge in [0.1, 0.15) is 5.82 Å². The maximum absolute atomic E-state index is 9.66. The first-order valence-electron chi connectivity index (χ1n) is 5.86. The molecule has 6 nitrogen and oxygen atoms in total. The zero-order chi connectivity index (χ0) is 13.5. The highest BCUT2D eigenvalue weighted by Gasteiger charge is 2.11. The van der Waals surface area contributed by atoms with Crippen molar-refractivity contribution in [1.29, 1.82) is 0 Å². The number of anilines is 2. The molecule has 0 saturated carbocycles. The van der Waals surface area contributed by atoms with Crippen molar-refractivity contribution in [2.75, 3.05) is 44.5 Å². The lowest BCUT2D eigenvalue weighted by atomic mass is 10.3. The fourth-order valence-corrected chi connectivity index (χ4v) is 1.56. The summed E-state index contributed by atoms with van der Waals surface area (Å²) < 4.78 is 10.2. The molecular formula is C12H21N3O3. The first-order chi connectivity index (χ1) is 8.58. The van der Waals surface area contributed by atoms with Crippen LogP contribution in [-0.4, -0.2) is 50.1 Å². The quantitative estimate of drug-likeness (QED) is 0.738. The second-order valence-electron chi connectivity index (χ2n) is 3.99. The smallest absolute Gasteiger partial charge is 0.239 e.